The lowest BCUT2D eigenvalue weighted by Gasteiger charge is -2.32. The lowest BCUT2D eigenvalue weighted by atomic mass is 10.0. The molecule has 1 saturated heterocycles. The van der Waals surface area contributed by atoms with E-state index in [0.717, 1.165) is 13.0 Å². The highest BCUT2D eigenvalue weighted by Gasteiger charge is 2.35. The molecule has 3 nitrogen and oxygen atoms in total. The topological polar surface area (TPSA) is 49.5 Å². The molecule has 96 valence electrons. The second kappa shape index (κ2) is 5.48. The summed E-state index contributed by atoms with van der Waals surface area (Å²) in [6.45, 7) is 6.25. The second-order valence-electron chi connectivity index (χ2n) is 4.95. The second-order valence-corrected chi connectivity index (χ2v) is 6.27. The quantitative estimate of drug-likeness (QED) is 0.861. The zero-order chi connectivity index (χ0) is 12.4. The highest BCUT2D eigenvalue weighted by Crippen LogP contribution is 2.34. The van der Waals surface area contributed by atoms with Crippen molar-refractivity contribution in [2.45, 2.75) is 32.4 Å². The smallest absolute Gasteiger partial charge is 0.0589 e. The third-order valence-corrected chi connectivity index (χ3v) is 4.93. The number of likely N-dealkylation sites (tertiary alicyclic amines) is 1. The van der Waals surface area contributed by atoms with Crippen LogP contribution in [0.5, 0.6) is 0 Å². The van der Waals surface area contributed by atoms with Crippen molar-refractivity contribution < 1.29 is 5.11 Å². The van der Waals surface area contributed by atoms with Gasteiger partial charge in [0.2, 0.25) is 0 Å². The Morgan fingerprint density at radius 1 is 1.59 bits per heavy atom. The number of aliphatic hydroxyl groups is 1. The van der Waals surface area contributed by atoms with E-state index in [4.69, 9.17) is 5.73 Å². The van der Waals surface area contributed by atoms with E-state index in [1.165, 1.54) is 9.75 Å². The number of thiophene rings is 1. The molecule has 1 aromatic rings. The summed E-state index contributed by atoms with van der Waals surface area (Å²) < 4.78 is 0. The predicted molar refractivity (Wildman–Crippen MR) is 72.2 cm³/mol. The van der Waals surface area contributed by atoms with Crippen LogP contribution >= 0.6 is 11.3 Å². The normalized spacial score (nSPS) is 27.5. The summed E-state index contributed by atoms with van der Waals surface area (Å²) >= 11 is 1.82. The first kappa shape index (κ1) is 13.0. The third kappa shape index (κ3) is 2.55. The Hall–Kier alpha value is -0.420. The number of nitrogens with two attached hydrogens (primary N) is 1. The molecule has 0 radical (unpaired) electrons. The van der Waals surface area contributed by atoms with Gasteiger partial charge >= 0.3 is 0 Å². The number of hydrogen-bond donors (Lipinski definition) is 2. The maximum absolute atomic E-state index is 9.52. The van der Waals surface area contributed by atoms with E-state index < -0.39 is 0 Å². The van der Waals surface area contributed by atoms with Gasteiger partial charge in [-0.1, -0.05) is 6.92 Å². The molecule has 0 saturated carbocycles. The fourth-order valence-electron chi connectivity index (χ4n) is 2.76. The SMILES string of the molecule is Cc1ccc(C(CN)N2CCC(C)C2CO)s1. The minimum atomic E-state index is 0.238. The van der Waals surface area contributed by atoms with E-state index in [-0.39, 0.29) is 18.7 Å². The number of aliphatic hydroxyl groups excluding tert-OH is 1. The number of hydrogen-bond acceptors (Lipinski definition) is 4. The maximum atomic E-state index is 9.52. The van der Waals surface area contributed by atoms with E-state index >= 15 is 0 Å². The zero-order valence-corrected chi connectivity index (χ0v) is 11.4. The first-order chi connectivity index (χ1) is 8.17. The Balaban J connectivity index is 2.18. The summed E-state index contributed by atoms with van der Waals surface area (Å²) in [7, 11) is 0. The fraction of sp³-hybridized carbons (Fsp3) is 0.692. The third-order valence-electron chi connectivity index (χ3n) is 3.83. The molecule has 0 aliphatic carbocycles. The Bertz CT molecular complexity index is 366. The summed E-state index contributed by atoms with van der Waals surface area (Å²) in [5, 5.41) is 9.52. The summed E-state index contributed by atoms with van der Waals surface area (Å²) in [5.74, 6) is 0.565. The van der Waals surface area contributed by atoms with Crippen LogP contribution in [0.15, 0.2) is 12.1 Å². The standard InChI is InChI=1S/C13H22N2OS/c1-9-5-6-15(12(9)8-16)11(7-14)13-4-3-10(2)17-13/h3-4,9,11-12,16H,5-8,14H2,1-2H3. The Kier molecular flexibility index (Phi) is 4.20. The lowest BCUT2D eigenvalue weighted by Crippen LogP contribution is -2.40. The minimum absolute atomic E-state index is 0.238. The molecule has 0 bridgehead atoms. The summed E-state index contributed by atoms with van der Waals surface area (Å²) in [6.07, 6.45) is 1.16. The highest BCUT2D eigenvalue weighted by molar-refractivity contribution is 7.12. The first-order valence-corrected chi connectivity index (χ1v) is 7.12. The van der Waals surface area contributed by atoms with Crippen LogP contribution in [0, 0.1) is 12.8 Å². The molecular weight excluding hydrogens is 232 g/mol. The summed E-state index contributed by atoms with van der Waals surface area (Å²) in [4.78, 5) is 5.04. The minimum Gasteiger partial charge on any atom is -0.395 e. The van der Waals surface area contributed by atoms with Gasteiger partial charge in [0.1, 0.15) is 0 Å². The molecule has 3 unspecified atom stereocenters. The van der Waals surface area contributed by atoms with Crippen LogP contribution in [-0.2, 0) is 0 Å². The molecule has 4 heteroatoms. The number of rotatable bonds is 4. The van der Waals surface area contributed by atoms with Crippen molar-refractivity contribution in [2.24, 2.45) is 11.7 Å². The summed E-state index contributed by atoms with van der Waals surface area (Å²) in [5.41, 5.74) is 5.94. The van der Waals surface area contributed by atoms with Crippen LogP contribution in [0.25, 0.3) is 0 Å². The molecule has 3 atom stereocenters. The molecule has 1 aliphatic rings. The van der Waals surface area contributed by atoms with Crippen LogP contribution in [-0.4, -0.2) is 35.7 Å². The molecular formula is C13H22N2OS. The fourth-order valence-corrected chi connectivity index (χ4v) is 3.77. The number of nitrogens with zero attached hydrogens (tertiary/aromatic N) is 1. The zero-order valence-electron chi connectivity index (χ0n) is 10.6. The van der Waals surface area contributed by atoms with Gasteiger partial charge in [0, 0.05) is 22.3 Å². The van der Waals surface area contributed by atoms with Crippen molar-refractivity contribution in [3.63, 3.8) is 0 Å². The van der Waals surface area contributed by atoms with Gasteiger partial charge in [0.15, 0.2) is 0 Å². The van der Waals surface area contributed by atoms with Crippen LogP contribution in [0.4, 0.5) is 0 Å². The number of aryl methyl sites for hydroxylation is 1. The van der Waals surface area contributed by atoms with Crippen molar-refractivity contribution in [1.82, 2.24) is 4.90 Å². The highest BCUT2D eigenvalue weighted by atomic mass is 32.1. The van der Waals surface area contributed by atoms with Gasteiger partial charge in [-0.3, -0.25) is 4.90 Å². The van der Waals surface area contributed by atoms with Crippen molar-refractivity contribution in [3.05, 3.63) is 21.9 Å². The Morgan fingerprint density at radius 2 is 2.35 bits per heavy atom. The van der Waals surface area contributed by atoms with E-state index in [1.54, 1.807) is 0 Å². The molecule has 1 aromatic heterocycles. The molecule has 1 aliphatic heterocycles. The van der Waals surface area contributed by atoms with Crippen LogP contribution in [0.2, 0.25) is 0 Å². The average molecular weight is 254 g/mol. The van der Waals surface area contributed by atoms with Gasteiger partial charge in [-0.15, -0.1) is 11.3 Å². The Morgan fingerprint density at radius 3 is 2.88 bits per heavy atom. The van der Waals surface area contributed by atoms with Crippen LogP contribution < -0.4 is 5.73 Å². The van der Waals surface area contributed by atoms with Crippen molar-refractivity contribution in [3.8, 4) is 0 Å². The van der Waals surface area contributed by atoms with Crippen molar-refractivity contribution in [2.75, 3.05) is 19.7 Å². The van der Waals surface area contributed by atoms with Crippen molar-refractivity contribution >= 4 is 11.3 Å². The molecule has 2 heterocycles. The van der Waals surface area contributed by atoms with Gasteiger partial charge in [-0.05, 0) is 37.9 Å². The first-order valence-electron chi connectivity index (χ1n) is 6.30. The maximum Gasteiger partial charge on any atom is 0.0589 e. The Labute approximate surface area is 107 Å². The molecule has 2 rings (SSSR count). The molecule has 17 heavy (non-hydrogen) atoms. The van der Waals surface area contributed by atoms with E-state index in [1.807, 2.05) is 11.3 Å². The molecule has 0 aromatic carbocycles. The van der Waals surface area contributed by atoms with Gasteiger partial charge in [-0.2, -0.15) is 0 Å². The van der Waals surface area contributed by atoms with E-state index in [0.29, 0.717) is 12.5 Å². The van der Waals surface area contributed by atoms with Gasteiger partial charge in [0.25, 0.3) is 0 Å². The monoisotopic (exact) mass is 254 g/mol. The predicted octanol–water partition coefficient (Wildman–Crippen LogP) is 1.76. The average Bonchev–Trinajstić information content (AvgIpc) is 2.88. The van der Waals surface area contributed by atoms with Gasteiger partial charge in [0.05, 0.1) is 12.6 Å². The van der Waals surface area contributed by atoms with Gasteiger partial charge < -0.3 is 10.8 Å². The largest absolute Gasteiger partial charge is 0.395 e. The van der Waals surface area contributed by atoms with Gasteiger partial charge in [-0.25, -0.2) is 0 Å². The lowest BCUT2D eigenvalue weighted by molar-refractivity contribution is 0.106. The van der Waals surface area contributed by atoms with E-state index in [2.05, 4.69) is 30.9 Å². The molecule has 1 fully saturated rings. The van der Waals surface area contributed by atoms with Crippen LogP contribution in [0.3, 0.4) is 0 Å². The van der Waals surface area contributed by atoms with E-state index in [9.17, 15) is 5.11 Å². The molecule has 0 amide bonds. The molecule has 0 spiro atoms. The molecule has 3 N–H and O–H groups in total. The van der Waals surface area contributed by atoms with Crippen LogP contribution in [0.1, 0.15) is 29.1 Å². The van der Waals surface area contributed by atoms with Crippen molar-refractivity contribution in [1.29, 1.82) is 0 Å². The summed E-state index contributed by atoms with van der Waals surface area (Å²) in [6, 6.07) is 4.87.